The van der Waals surface area contributed by atoms with Crippen LogP contribution in [0.3, 0.4) is 0 Å². The van der Waals surface area contributed by atoms with Crippen LogP contribution in [0.25, 0.3) is 0 Å². The summed E-state index contributed by atoms with van der Waals surface area (Å²) in [6.07, 6.45) is 1.20. The number of rotatable bonds is 1. The first-order valence-electron chi connectivity index (χ1n) is 5.56. The molecule has 1 aromatic rings. The quantitative estimate of drug-likeness (QED) is 0.859. The Labute approximate surface area is 103 Å². The van der Waals surface area contributed by atoms with Gasteiger partial charge in [0.1, 0.15) is 0 Å². The normalized spacial score (nSPS) is 22.8. The summed E-state index contributed by atoms with van der Waals surface area (Å²) in [7, 11) is 0. The van der Waals surface area contributed by atoms with Crippen LogP contribution in [-0.2, 0) is 0 Å². The van der Waals surface area contributed by atoms with E-state index in [1.165, 1.54) is 17.5 Å². The van der Waals surface area contributed by atoms with E-state index in [0.29, 0.717) is 12.7 Å². The van der Waals surface area contributed by atoms with E-state index in [1.807, 2.05) is 0 Å². The highest BCUT2D eigenvalue weighted by molar-refractivity contribution is 9.10. The molecule has 1 saturated heterocycles. The molecule has 2 heterocycles. The highest BCUT2D eigenvalue weighted by Crippen LogP contribution is 2.45. The van der Waals surface area contributed by atoms with Crippen LogP contribution in [-0.4, -0.2) is 19.9 Å². The lowest BCUT2D eigenvalue weighted by atomic mass is 9.93. The van der Waals surface area contributed by atoms with Gasteiger partial charge < -0.3 is 14.8 Å². The molecular weight excluding hydrogens is 270 g/mol. The molecule has 1 fully saturated rings. The summed E-state index contributed by atoms with van der Waals surface area (Å²) >= 11 is 3.55. The Kier molecular flexibility index (Phi) is 2.56. The number of halogens is 1. The van der Waals surface area contributed by atoms with Crippen LogP contribution in [0.15, 0.2) is 10.5 Å². The van der Waals surface area contributed by atoms with Crippen LogP contribution in [0.2, 0.25) is 0 Å². The van der Waals surface area contributed by atoms with Gasteiger partial charge in [-0.05, 0) is 58.9 Å². The van der Waals surface area contributed by atoms with Gasteiger partial charge in [-0.3, -0.25) is 0 Å². The maximum absolute atomic E-state index is 5.54. The lowest BCUT2D eigenvalue weighted by molar-refractivity contribution is 0.173. The predicted molar refractivity (Wildman–Crippen MR) is 65.2 cm³/mol. The van der Waals surface area contributed by atoms with E-state index in [9.17, 15) is 0 Å². The van der Waals surface area contributed by atoms with E-state index in [1.54, 1.807) is 0 Å². The molecule has 2 aliphatic rings. The maximum Gasteiger partial charge on any atom is 0.231 e. The average molecular weight is 284 g/mol. The fourth-order valence-corrected chi connectivity index (χ4v) is 3.06. The smallest absolute Gasteiger partial charge is 0.231 e. The molecule has 1 unspecified atom stereocenters. The summed E-state index contributed by atoms with van der Waals surface area (Å²) in [6.45, 7) is 4.62. The monoisotopic (exact) mass is 283 g/mol. The third-order valence-electron chi connectivity index (χ3n) is 3.39. The van der Waals surface area contributed by atoms with Gasteiger partial charge in [0, 0.05) is 6.54 Å². The third-order valence-corrected chi connectivity index (χ3v) is 3.97. The SMILES string of the molecule is Cc1c(C2CCNC2)cc(Br)c2c1OCO2. The molecule has 1 atom stereocenters. The van der Waals surface area contributed by atoms with E-state index in [4.69, 9.17) is 9.47 Å². The van der Waals surface area contributed by atoms with Gasteiger partial charge in [0.05, 0.1) is 4.47 Å². The molecule has 0 bridgehead atoms. The van der Waals surface area contributed by atoms with Crippen molar-refractivity contribution in [1.29, 1.82) is 0 Å². The molecule has 4 heteroatoms. The summed E-state index contributed by atoms with van der Waals surface area (Å²) in [5.74, 6) is 2.37. The molecule has 0 aliphatic carbocycles. The van der Waals surface area contributed by atoms with Crippen molar-refractivity contribution < 1.29 is 9.47 Å². The van der Waals surface area contributed by atoms with Gasteiger partial charge in [-0.25, -0.2) is 0 Å². The van der Waals surface area contributed by atoms with Crippen LogP contribution >= 0.6 is 15.9 Å². The first-order chi connectivity index (χ1) is 7.77. The first kappa shape index (κ1) is 10.4. The van der Waals surface area contributed by atoms with Gasteiger partial charge in [-0.1, -0.05) is 0 Å². The predicted octanol–water partition coefficient (Wildman–Crippen LogP) is 2.56. The number of benzene rings is 1. The van der Waals surface area contributed by atoms with Crippen LogP contribution in [0.4, 0.5) is 0 Å². The lowest BCUT2D eigenvalue weighted by Crippen LogP contribution is -2.09. The second kappa shape index (κ2) is 3.93. The van der Waals surface area contributed by atoms with Gasteiger partial charge >= 0.3 is 0 Å². The van der Waals surface area contributed by atoms with Crippen LogP contribution in [0.5, 0.6) is 11.5 Å². The van der Waals surface area contributed by atoms with Gasteiger partial charge in [-0.2, -0.15) is 0 Å². The van der Waals surface area contributed by atoms with Crippen molar-refractivity contribution in [3.05, 3.63) is 21.7 Å². The van der Waals surface area contributed by atoms with Crippen molar-refractivity contribution in [3.8, 4) is 11.5 Å². The molecule has 86 valence electrons. The molecule has 0 aromatic heterocycles. The molecule has 3 nitrogen and oxygen atoms in total. The van der Waals surface area contributed by atoms with Crippen LogP contribution < -0.4 is 14.8 Å². The molecule has 1 N–H and O–H groups in total. The Bertz CT molecular complexity index is 428. The second-order valence-corrected chi connectivity index (χ2v) is 5.18. The van der Waals surface area contributed by atoms with Crippen molar-refractivity contribution in [3.63, 3.8) is 0 Å². The number of hydrogen-bond acceptors (Lipinski definition) is 3. The molecule has 2 aliphatic heterocycles. The van der Waals surface area contributed by atoms with Crippen molar-refractivity contribution in [2.24, 2.45) is 0 Å². The Hall–Kier alpha value is -0.740. The lowest BCUT2D eigenvalue weighted by Gasteiger charge is -2.15. The number of ether oxygens (including phenoxy) is 2. The Morgan fingerprint density at radius 1 is 1.38 bits per heavy atom. The average Bonchev–Trinajstić information content (AvgIpc) is 2.92. The molecule has 1 aromatic carbocycles. The third kappa shape index (κ3) is 1.52. The number of nitrogens with one attached hydrogen (secondary N) is 1. The van der Waals surface area contributed by atoms with E-state index in [0.717, 1.165) is 29.1 Å². The standard InChI is InChI=1S/C12H14BrNO2/c1-7-9(8-2-3-14-5-8)4-10(13)12-11(7)15-6-16-12/h4,8,14H,2-3,5-6H2,1H3. The first-order valence-corrected chi connectivity index (χ1v) is 6.36. The second-order valence-electron chi connectivity index (χ2n) is 4.33. The summed E-state index contributed by atoms with van der Waals surface area (Å²) < 4.78 is 12.0. The van der Waals surface area contributed by atoms with Crippen LogP contribution in [0.1, 0.15) is 23.5 Å². The summed E-state index contributed by atoms with van der Waals surface area (Å²) in [6, 6.07) is 2.18. The van der Waals surface area contributed by atoms with Gasteiger partial charge in [-0.15, -0.1) is 0 Å². The van der Waals surface area contributed by atoms with Crippen molar-refractivity contribution in [2.75, 3.05) is 19.9 Å². The van der Waals surface area contributed by atoms with Crippen LogP contribution in [0, 0.1) is 6.92 Å². The molecule has 0 radical (unpaired) electrons. The summed E-state index contributed by atoms with van der Waals surface area (Å²) in [5.41, 5.74) is 2.60. The van der Waals surface area contributed by atoms with Crippen molar-refractivity contribution in [2.45, 2.75) is 19.3 Å². The Morgan fingerprint density at radius 2 is 2.19 bits per heavy atom. The Balaban J connectivity index is 2.08. The maximum atomic E-state index is 5.54. The van der Waals surface area contributed by atoms with Crippen molar-refractivity contribution >= 4 is 15.9 Å². The van der Waals surface area contributed by atoms with E-state index < -0.39 is 0 Å². The Morgan fingerprint density at radius 3 is 2.94 bits per heavy atom. The van der Waals surface area contributed by atoms with Gasteiger partial charge in [0.2, 0.25) is 6.79 Å². The molecule has 16 heavy (non-hydrogen) atoms. The molecule has 0 amide bonds. The minimum absolute atomic E-state index is 0.334. The number of fused-ring (bicyclic) bond motifs is 1. The van der Waals surface area contributed by atoms with E-state index in [-0.39, 0.29) is 0 Å². The van der Waals surface area contributed by atoms with Gasteiger partial charge in [0.25, 0.3) is 0 Å². The topological polar surface area (TPSA) is 30.5 Å². The van der Waals surface area contributed by atoms with Gasteiger partial charge in [0.15, 0.2) is 11.5 Å². The molecule has 0 saturated carbocycles. The highest BCUT2D eigenvalue weighted by atomic mass is 79.9. The largest absolute Gasteiger partial charge is 0.453 e. The zero-order valence-electron chi connectivity index (χ0n) is 9.18. The fourth-order valence-electron chi connectivity index (χ4n) is 2.52. The minimum atomic E-state index is 0.334. The fraction of sp³-hybridized carbons (Fsp3) is 0.500. The summed E-state index contributed by atoms with van der Waals surface area (Å²) in [5, 5.41) is 3.40. The minimum Gasteiger partial charge on any atom is -0.453 e. The van der Waals surface area contributed by atoms with Crippen molar-refractivity contribution in [1.82, 2.24) is 5.32 Å². The van der Waals surface area contributed by atoms with E-state index >= 15 is 0 Å². The number of hydrogen-bond donors (Lipinski definition) is 1. The zero-order chi connectivity index (χ0) is 11.1. The highest BCUT2D eigenvalue weighted by Gasteiger charge is 2.26. The van der Waals surface area contributed by atoms with E-state index in [2.05, 4.69) is 34.2 Å². The molecule has 0 spiro atoms. The zero-order valence-corrected chi connectivity index (χ0v) is 10.8. The molecule has 3 rings (SSSR count). The summed E-state index contributed by atoms with van der Waals surface area (Å²) in [4.78, 5) is 0. The molecular formula is C12H14BrNO2.